The molecular weight excluding hydrogens is 260 g/mol. The summed E-state index contributed by atoms with van der Waals surface area (Å²) in [5, 5.41) is 30.0. The smallest absolute Gasteiger partial charge is 0.306 e. The van der Waals surface area contributed by atoms with Crippen LogP contribution in [0.25, 0.3) is 10.8 Å². The average Bonchev–Trinajstić information content (AvgIpc) is 2.44. The van der Waals surface area contributed by atoms with Gasteiger partial charge in [0.2, 0.25) is 0 Å². The number of carbonyl (C=O) groups is 2. The zero-order chi connectivity index (χ0) is 14.7. The molecule has 0 fully saturated rings. The maximum Gasteiger partial charge on any atom is 0.306 e. The lowest BCUT2D eigenvalue weighted by Gasteiger charge is -2.20. The van der Waals surface area contributed by atoms with Crippen LogP contribution in [0.4, 0.5) is 0 Å². The highest BCUT2D eigenvalue weighted by Crippen LogP contribution is 2.30. The van der Waals surface area contributed by atoms with Crippen LogP contribution in [0.1, 0.15) is 28.4 Å². The van der Waals surface area contributed by atoms with Crippen LogP contribution in [-0.4, -0.2) is 33.7 Å². The summed E-state index contributed by atoms with van der Waals surface area (Å²) in [4.78, 5) is 21.7. The van der Waals surface area contributed by atoms with E-state index < -0.39 is 24.6 Å². The van der Waals surface area contributed by atoms with Gasteiger partial charge in [0.15, 0.2) is 0 Å². The minimum atomic E-state index is -1.47. The van der Waals surface area contributed by atoms with Gasteiger partial charge in [-0.3, -0.25) is 9.59 Å². The molecular formula is C15H14O5. The molecule has 2 aromatic carbocycles. The van der Waals surface area contributed by atoms with Gasteiger partial charge in [0.05, 0.1) is 12.5 Å². The number of rotatable bonds is 5. The molecule has 0 amide bonds. The molecule has 0 aliphatic carbocycles. The summed E-state index contributed by atoms with van der Waals surface area (Å²) in [5.41, 5.74) is 0.493. The number of hydrogen-bond donors (Lipinski definition) is 3. The van der Waals surface area contributed by atoms with Gasteiger partial charge in [-0.1, -0.05) is 36.4 Å². The van der Waals surface area contributed by atoms with Crippen molar-refractivity contribution < 1.29 is 24.9 Å². The number of carboxylic acids is 1. The van der Waals surface area contributed by atoms with Crippen molar-refractivity contribution in [2.45, 2.75) is 18.6 Å². The second-order valence-corrected chi connectivity index (χ2v) is 4.52. The number of aliphatic hydroxyl groups is 2. The van der Waals surface area contributed by atoms with Gasteiger partial charge in [0.1, 0.15) is 12.4 Å². The Bertz CT molecular complexity index is 650. The molecule has 0 bridgehead atoms. The highest BCUT2D eigenvalue weighted by Gasteiger charge is 2.25. The summed E-state index contributed by atoms with van der Waals surface area (Å²) >= 11 is 0. The van der Waals surface area contributed by atoms with E-state index in [4.69, 9.17) is 5.11 Å². The van der Waals surface area contributed by atoms with E-state index in [1.165, 1.54) is 0 Å². The molecule has 0 saturated carbocycles. The summed E-state index contributed by atoms with van der Waals surface area (Å²) < 4.78 is 0. The fourth-order valence-corrected chi connectivity index (χ4v) is 2.23. The van der Waals surface area contributed by atoms with Gasteiger partial charge in [0, 0.05) is 11.1 Å². The van der Waals surface area contributed by atoms with Crippen molar-refractivity contribution >= 4 is 23.0 Å². The first-order valence-corrected chi connectivity index (χ1v) is 6.09. The van der Waals surface area contributed by atoms with E-state index in [1.807, 2.05) is 12.1 Å². The molecule has 2 rings (SSSR count). The first kappa shape index (κ1) is 14.2. The third kappa shape index (κ3) is 2.68. The molecule has 0 heterocycles. The normalized spacial score (nSPS) is 13.9. The number of benzene rings is 2. The Kier molecular flexibility index (Phi) is 4.12. The standard InChI is InChI=1S/C15H14O5/c16-8-10-6-5-9-3-1-2-4-11(9)14(10)15(20)12(17)7-13(18)19/h1-6,8,12,15,17,20H,7H2,(H,18,19). The summed E-state index contributed by atoms with van der Waals surface area (Å²) in [7, 11) is 0. The van der Waals surface area contributed by atoms with Gasteiger partial charge in [-0.2, -0.15) is 0 Å². The lowest BCUT2D eigenvalue weighted by Crippen LogP contribution is -2.23. The topological polar surface area (TPSA) is 94.8 Å². The molecule has 5 nitrogen and oxygen atoms in total. The largest absolute Gasteiger partial charge is 0.481 e. The molecule has 3 N–H and O–H groups in total. The van der Waals surface area contributed by atoms with Gasteiger partial charge in [-0.25, -0.2) is 0 Å². The number of carboxylic acid groups (broad SMARTS) is 1. The van der Waals surface area contributed by atoms with Crippen molar-refractivity contribution in [3.63, 3.8) is 0 Å². The van der Waals surface area contributed by atoms with Crippen molar-refractivity contribution in [2.75, 3.05) is 0 Å². The second kappa shape index (κ2) is 5.81. The van der Waals surface area contributed by atoms with Crippen LogP contribution in [0.5, 0.6) is 0 Å². The quantitative estimate of drug-likeness (QED) is 0.718. The maximum atomic E-state index is 11.1. The molecule has 2 aromatic rings. The van der Waals surface area contributed by atoms with E-state index in [0.29, 0.717) is 11.7 Å². The minimum absolute atomic E-state index is 0.237. The first-order valence-electron chi connectivity index (χ1n) is 6.09. The van der Waals surface area contributed by atoms with Gasteiger partial charge < -0.3 is 15.3 Å². The van der Waals surface area contributed by atoms with E-state index >= 15 is 0 Å². The number of aldehydes is 1. The Morgan fingerprint density at radius 2 is 1.85 bits per heavy atom. The lowest BCUT2D eigenvalue weighted by atomic mass is 9.92. The summed E-state index contributed by atoms with van der Waals surface area (Å²) in [5.74, 6) is -1.22. The Morgan fingerprint density at radius 3 is 2.50 bits per heavy atom. The van der Waals surface area contributed by atoms with Crippen LogP contribution >= 0.6 is 0 Å². The van der Waals surface area contributed by atoms with E-state index in [-0.39, 0.29) is 11.1 Å². The van der Waals surface area contributed by atoms with E-state index in [2.05, 4.69) is 0 Å². The number of carbonyl (C=O) groups excluding carboxylic acids is 1. The van der Waals surface area contributed by atoms with Gasteiger partial charge in [-0.05, 0) is 10.8 Å². The zero-order valence-corrected chi connectivity index (χ0v) is 10.6. The third-order valence-electron chi connectivity index (χ3n) is 3.18. The van der Waals surface area contributed by atoms with Crippen LogP contribution in [-0.2, 0) is 4.79 Å². The second-order valence-electron chi connectivity index (χ2n) is 4.52. The van der Waals surface area contributed by atoms with Crippen LogP contribution in [0.2, 0.25) is 0 Å². The van der Waals surface area contributed by atoms with Crippen molar-refractivity contribution in [1.82, 2.24) is 0 Å². The molecule has 2 unspecified atom stereocenters. The fourth-order valence-electron chi connectivity index (χ4n) is 2.23. The predicted octanol–water partition coefficient (Wildman–Crippen LogP) is 1.52. The molecule has 2 atom stereocenters. The van der Waals surface area contributed by atoms with E-state index in [9.17, 15) is 19.8 Å². The number of fused-ring (bicyclic) bond motifs is 1. The Hall–Kier alpha value is -2.24. The Morgan fingerprint density at radius 1 is 1.15 bits per heavy atom. The monoisotopic (exact) mass is 274 g/mol. The zero-order valence-electron chi connectivity index (χ0n) is 10.6. The first-order chi connectivity index (χ1) is 9.54. The molecule has 0 aliphatic heterocycles. The molecule has 0 spiro atoms. The van der Waals surface area contributed by atoms with Crippen molar-refractivity contribution in [3.8, 4) is 0 Å². The Labute approximate surface area is 115 Å². The lowest BCUT2D eigenvalue weighted by molar-refractivity contribution is -0.141. The minimum Gasteiger partial charge on any atom is -0.481 e. The average molecular weight is 274 g/mol. The highest BCUT2D eigenvalue weighted by atomic mass is 16.4. The molecule has 0 saturated heterocycles. The van der Waals surface area contributed by atoms with Gasteiger partial charge in [0.25, 0.3) is 0 Å². The summed E-state index contributed by atoms with van der Waals surface area (Å²) in [6.07, 6.45) is -2.92. The number of aliphatic hydroxyl groups excluding tert-OH is 2. The predicted molar refractivity (Wildman–Crippen MR) is 72.6 cm³/mol. The van der Waals surface area contributed by atoms with Crippen molar-refractivity contribution in [2.24, 2.45) is 0 Å². The van der Waals surface area contributed by atoms with E-state index in [1.54, 1.807) is 24.3 Å². The maximum absolute atomic E-state index is 11.1. The number of hydrogen-bond acceptors (Lipinski definition) is 4. The fraction of sp³-hybridized carbons (Fsp3) is 0.200. The summed E-state index contributed by atoms with van der Waals surface area (Å²) in [6.45, 7) is 0. The van der Waals surface area contributed by atoms with Crippen LogP contribution < -0.4 is 0 Å². The Balaban J connectivity index is 2.55. The van der Waals surface area contributed by atoms with Crippen LogP contribution in [0.15, 0.2) is 36.4 Å². The molecule has 104 valence electrons. The molecule has 0 aromatic heterocycles. The molecule has 0 aliphatic rings. The van der Waals surface area contributed by atoms with Gasteiger partial charge in [-0.15, -0.1) is 0 Å². The van der Waals surface area contributed by atoms with Gasteiger partial charge >= 0.3 is 5.97 Å². The molecule has 0 radical (unpaired) electrons. The highest BCUT2D eigenvalue weighted by molar-refractivity contribution is 5.93. The van der Waals surface area contributed by atoms with Crippen LogP contribution in [0.3, 0.4) is 0 Å². The summed E-state index contributed by atoms with van der Waals surface area (Å²) in [6, 6.07) is 10.4. The third-order valence-corrected chi connectivity index (χ3v) is 3.18. The van der Waals surface area contributed by atoms with Crippen LogP contribution in [0, 0.1) is 0 Å². The molecule has 5 heteroatoms. The van der Waals surface area contributed by atoms with Crippen molar-refractivity contribution in [3.05, 3.63) is 47.5 Å². The number of aliphatic carboxylic acids is 1. The SMILES string of the molecule is O=Cc1ccc2ccccc2c1C(O)C(O)CC(=O)O. The molecule has 20 heavy (non-hydrogen) atoms. The van der Waals surface area contributed by atoms with Crippen molar-refractivity contribution in [1.29, 1.82) is 0 Å². The van der Waals surface area contributed by atoms with E-state index in [0.717, 1.165) is 5.39 Å².